The smallest absolute Gasteiger partial charge is 0.311 e. The maximum absolute atomic E-state index is 12.8. The van der Waals surface area contributed by atoms with Crippen LogP contribution in [0, 0.1) is 0 Å². The second-order valence-electron chi connectivity index (χ2n) is 6.30. The average molecular weight is 335 g/mol. The first-order valence-electron chi connectivity index (χ1n) is 7.87. The average Bonchev–Trinajstić information content (AvgIpc) is 2.88. The van der Waals surface area contributed by atoms with Crippen molar-refractivity contribution < 1.29 is 9.90 Å². The predicted octanol–water partition coefficient (Wildman–Crippen LogP) is 1.91. The Hall–Kier alpha value is -1.73. The Morgan fingerprint density at radius 3 is 3.00 bits per heavy atom. The number of hydrogen-bond donors (Lipinski definition) is 1. The molecule has 1 atom stereocenters. The van der Waals surface area contributed by atoms with Crippen molar-refractivity contribution in [1.82, 2.24) is 14.5 Å². The fourth-order valence-corrected chi connectivity index (χ4v) is 4.46. The summed E-state index contributed by atoms with van der Waals surface area (Å²) in [4.78, 5) is 32.6. The lowest BCUT2D eigenvalue weighted by Gasteiger charge is -2.18. The third-order valence-electron chi connectivity index (χ3n) is 4.34. The Kier molecular flexibility index (Phi) is 4.50. The number of aliphatic carboxylic acids is 1. The Balaban J connectivity index is 2.04. The summed E-state index contributed by atoms with van der Waals surface area (Å²) in [7, 11) is 3.99. The van der Waals surface area contributed by atoms with Gasteiger partial charge in [-0.2, -0.15) is 0 Å². The van der Waals surface area contributed by atoms with Crippen LogP contribution in [-0.2, 0) is 17.8 Å². The van der Waals surface area contributed by atoms with E-state index in [1.54, 1.807) is 10.9 Å². The maximum Gasteiger partial charge on any atom is 0.311 e. The molecule has 0 saturated heterocycles. The van der Waals surface area contributed by atoms with Crippen LogP contribution in [0.3, 0.4) is 0 Å². The van der Waals surface area contributed by atoms with Crippen molar-refractivity contribution in [2.75, 3.05) is 20.6 Å². The Morgan fingerprint density at radius 1 is 1.52 bits per heavy atom. The minimum Gasteiger partial charge on any atom is -0.481 e. The van der Waals surface area contributed by atoms with E-state index in [1.807, 2.05) is 14.1 Å². The van der Waals surface area contributed by atoms with E-state index in [4.69, 9.17) is 0 Å². The van der Waals surface area contributed by atoms with E-state index < -0.39 is 11.9 Å². The van der Waals surface area contributed by atoms with Crippen LogP contribution in [0.5, 0.6) is 0 Å². The zero-order chi connectivity index (χ0) is 16.6. The van der Waals surface area contributed by atoms with Gasteiger partial charge in [-0.3, -0.25) is 14.2 Å². The lowest BCUT2D eigenvalue weighted by Crippen LogP contribution is -2.25. The van der Waals surface area contributed by atoms with Crippen molar-refractivity contribution in [3.05, 3.63) is 27.1 Å². The summed E-state index contributed by atoms with van der Waals surface area (Å²) in [5.74, 6) is -1.41. The van der Waals surface area contributed by atoms with Crippen LogP contribution < -0.4 is 5.56 Å². The molecule has 2 aromatic rings. The molecule has 6 nitrogen and oxygen atoms in total. The van der Waals surface area contributed by atoms with Crippen LogP contribution in [0.4, 0.5) is 0 Å². The Labute approximate surface area is 138 Å². The number of thiophene rings is 1. The van der Waals surface area contributed by atoms with Crippen LogP contribution in [0.2, 0.25) is 0 Å². The molecule has 0 aliphatic heterocycles. The van der Waals surface area contributed by atoms with Gasteiger partial charge in [-0.05, 0) is 51.9 Å². The predicted molar refractivity (Wildman–Crippen MR) is 90.4 cm³/mol. The van der Waals surface area contributed by atoms with Crippen molar-refractivity contribution >= 4 is 27.5 Å². The third-order valence-corrected chi connectivity index (χ3v) is 5.51. The van der Waals surface area contributed by atoms with Crippen molar-refractivity contribution in [2.45, 2.75) is 38.1 Å². The molecule has 0 aromatic carbocycles. The number of carboxylic acid groups (broad SMARTS) is 1. The van der Waals surface area contributed by atoms with E-state index in [1.165, 1.54) is 11.3 Å². The molecule has 2 aromatic heterocycles. The summed E-state index contributed by atoms with van der Waals surface area (Å²) >= 11 is 1.48. The fraction of sp³-hybridized carbons (Fsp3) is 0.562. The highest BCUT2D eigenvalue weighted by Crippen LogP contribution is 2.40. The molecule has 7 heteroatoms. The molecular weight excluding hydrogens is 314 g/mol. The first kappa shape index (κ1) is 16.1. The number of aryl methyl sites for hydroxylation is 2. The quantitative estimate of drug-likeness (QED) is 0.903. The van der Waals surface area contributed by atoms with Gasteiger partial charge in [0.25, 0.3) is 5.56 Å². The molecule has 0 bridgehead atoms. The molecule has 23 heavy (non-hydrogen) atoms. The minimum absolute atomic E-state index is 0.0978. The highest BCUT2D eigenvalue weighted by Gasteiger charge is 2.31. The first-order chi connectivity index (χ1) is 11.0. The molecule has 3 rings (SSSR count). The summed E-state index contributed by atoms with van der Waals surface area (Å²) in [6, 6.07) is 0. The molecular formula is C16H21N3O3S. The second-order valence-corrected chi connectivity index (χ2v) is 7.39. The van der Waals surface area contributed by atoms with Crippen molar-refractivity contribution in [3.63, 3.8) is 0 Å². The fourth-order valence-electron chi connectivity index (χ4n) is 3.22. The number of carboxylic acids is 1. The highest BCUT2D eigenvalue weighted by atomic mass is 32.1. The monoisotopic (exact) mass is 335 g/mol. The number of carbonyl (C=O) groups is 1. The largest absolute Gasteiger partial charge is 0.481 e. The van der Waals surface area contributed by atoms with Gasteiger partial charge in [0.15, 0.2) is 0 Å². The van der Waals surface area contributed by atoms with Crippen LogP contribution in [0.25, 0.3) is 10.2 Å². The van der Waals surface area contributed by atoms with E-state index in [2.05, 4.69) is 9.88 Å². The molecule has 1 aliphatic carbocycles. The van der Waals surface area contributed by atoms with E-state index in [-0.39, 0.29) is 5.56 Å². The number of nitrogens with zero attached hydrogens (tertiary/aromatic N) is 3. The molecule has 0 spiro atoms. The summed E-state index contributed by atoms with van der Waals surface area (Å²) in [5, 5.41) is 10.0. The van der Waals surface area contributed by atoms with E-state index >= 15 is 0 Å². The zero-order valence-corrected chi connectivity index (χ0v) is 14.2. The molecule has 124 valence electrons. The lowest BCUT2D eigenvalue weighted by molar-refractivity contribution is -0.139. The SMILES string of the molecule is CN(C)CCCn1cnc2sc3c(c2c1=O)C(C(=O)O)CCC3. The molecule has 2 heterocycles. The summed E-state index contributed by atoms with van der Waals surface area (Å²) in [6.07, 6.45) is 4.75. The van der Waals surface area contributed by atoms with Crippen LogP contribution in [-0.4, -0.2) is 46.2 Å². The molecule has 0 radical (unpaired) electrons. The van der Waals surface area contributed by atoms with Gasteiger partial charge in [0, 0.05) is 11.4 Å². The Morgan fingerprint density at radius 2 is 2.30 bits per heavy atom. The molecule has 1 unspecified atom stereocenters. The van der Waals surface area contributed by atoms with Gasteiger partial charge >= 0.3 is 5.97 Å². The maximum atomic E-state index is 12.8. The van der Waals surface area contributed by atoms with Gasteiger partial charge < -0.3 is 10.0 Å². The van der Waals surface area contributed by atoms with Gasteiger partial charge in [0.1, 0.15) is 4.83 Å². The van der Waals surface area contributed by atoms with E-state index in [0.29, 0.717) is 23.2 Å². The van der Waals surface area contributed by atoms with Gasteiger partial charge in [-0.1, -0.05) is 0 Å². The number of fused-ring (bicyclic) bond motifs is 3. The van der Waals surface area contributed by atoms with E-state index in [9.17, 15) is 14.7 Å². The van der Waals surface area contributed by atoms with Crippen molar-refractivity contribution in [2.24, 2.45) is 0 Å². The number of hydrogen-bond acceptors (Lipinski definition) is 5. The van der Waals surface area contributed by atoms with Crippen molar-refractivity contribution in [3.8, 4) is 0 Å². The van der Waals surface area contributed by atoms with E-state index in [0.717, 1.165) is 36.2 Å². The van der Waals surface area contributed by atoms with Gasteiger partial charge in [0.05, 0.1) is 17.6 Å². The zero-order valence-electron chi connectivity index (χ0n) is 13.4. The molecule has 1 N–H and O–H groups in total. The first-order valence-corrected chi connectivity index (χ1v) is 8.69. The number of rotatable bonds is 5. The topological polar surface area (TPSA) is 75.4 Å². The van der Waals surface area contributed by atoms with Crippen LogP contribution >= 0.6 is 11.3 Å². The van der Waals surface area contributed by atoms with Gasteiger partial charge in [-0.25, -0.2) is 4.98 Å². The minimum atomic E-state index is -0.840. The standard InChI is InChI=1S/C16H21N3O3S/c1-18(2)7-4-8-19-9-17-14-13(15(19)20)12-10(16(21)22)5-3-6-11(12)23-14/h9-10H,3-8H2,1-2H3,(H,21,22). The molecule has 1 aliphatic rings. The molecule has 0 fully saturated rings. The molecule has 0 amide bonds. The lowest BCUT2D eigenvalue weighted by atomic mass is 9.86. The summed E-state index contributed by atoms with van der Waals surface area (Å²) < 4.78 is 1.62. The summed E-state index contributed by atoms with van der Waals surface area (Å²) in [6.45, 7) is 1.49. The van der Waals surface area contributed by atoms with Gasteiger partial charge in [0.2, 0.25) is 0 Å². The van der Waals surface area contributed by atoms with Crippen LogP contribution in [0.1, 0.15) is 35.6 Å². The Bertz CT molecular complexity index is 794. The highest BCUT2D eigenvalue weighted by molar-refractivity contribution is 7.18. The van der Waals surface area contributed by atoms with Gasteiger partial charge in [-0.15, -0.1) is 11.3 Å². The number of aromatic nitrogens is 2. The second kappa shape index (κ2) is 6.41. The summed E-state index contributed by atoms with van der Waals surface area (Å²) in [5.41, 5.74) is 0.627. The normalized spacial score (nSPS) is 17.6. The van der Waals surface area contributed by atoms with Crippen LogP contribution in [0.15, 0.2) is 11.1 Å². The van der Waals surface area contributed by atoms with Crippen molar-refractivity contribution in [1.29, 1.82) is 0 Å². The third kappa shape index (κ3) is 3.03. The molecule has 0 saturated carbocycles.